The highest BCUT2D eigenvalue weighted by molar-refractivity contribution is 5.87. The molecule has 23 heavy (non-hydrogen) atoms. The SMILES string of the molecule is COc1cccc(/C=N\NC(=O)[C@@H]2C[C@H]2c2ccccc2)c1O. The van der Waals surface area contributed by atoms with E-state index >= 15 is 0 Å². The second kappa shape index (κ2) is 6.52. The number of ether oxygens (including phenoxy) is 1. The number of amides is 1. The Hall–Kier alpha value is -2.82. The third kappa shape index (κ3) is 3.34. The minimum absolute atomic E-state index is 0.00147. The van der Waals surface area contributed by atoms with E-state index in [0.29, 0.717) is 11.3 Å². The molecule has 0 heterocycles. The van der Waals surface area contributed by atoms with Crippen LogP contribution in [0.3, 0.4) is 0 Å². The summed E-state index contributed by atoms with van der Waals surface area (Å²) in [6.07, 6.45) is 2.26. The third-order valence-corrected chi connectivity index (χ3v) is 3.98. The lowest BCUT2D eigenvalue weighted by Gasteiger charge is -2.05. The average molecular weight is 310 g/mol. The molecule has 0 radical (unpaired) electrons. The number of para-hydroxylation sites is 1. The van der Waals surface area contributed by atoms with Crippen molar-refractivity contribution in [3.8, 4) is 11.5 Å². The monoisotopic (exact) mass is 310 g/mol. The number of nitrogens with zero attached hydrogens (tertiary/aromatic N) is 1. The smallest absolute Gasteiger partial charge is 0.243 e. The molecule has 0 saturated heterocycles. The number of carbonyl (C=O) groups is 1. The summed E-state index contributed by atoms with van der Waals surface area (Å²) in [5.74, 6) is 0.510. The zero-order valence-corrected chi connectivity index (χ0v) is 12.8. The first-order chi connectivity index (χ1) is 11.2. The van der Waals surface area contributed by atoms with E-state index in [1.807, 2.05) is 30.3 Å². The van der Waals surface area contributed by atoms with Crippen LogP contribution in [0.15, 0.2) is 53.6 Å². The molecule has 0 unspecified atom stereocenters. The molecule has 2 N–H and O–H groups in total. The van der Waals surface area contributed by atoms with E-state index in [0.717, 1.165) is 6.42 Å². The van der Waals surface area contributed by atoms with E-state index < -0.39 is 0 Å². The van der Waals surface area contributed by atoms with Crippen LogP contribution in [0.5, 0.6) is 11.5 Å². The molecule has 0 bridgehead atoms. The number of nitrogens with one attached hydrogen (secondary N) is 1. The molecule has 5 heteroatoms. The molecule has 0 aliphatic heterocycles. The van der Waals surface area contributed by atoms with Crippen molar-refractivity contribution < 1.29 is 14.6 Å². The molecule has 2 aromatic rings. The van der Waals surface area contributed by atoms with Crippen molar-refractivity contribution in [1.82, 2.24) is 5.43 Å². The largest absolute Gasteiger partial charge is 0.504 e. The molecular formula is C18H18N2O3. The summed E-state index contributed by atoms with van der Waals surface area (Å²) in [6, 6.07) is 15.1. The lowest BCUT2D eigenvalue weighted by Crippen LogP contribution is -2.20. The van der Waals surface area contributed by atoms with Gasteiger partial charge in [0.1, 0.15) is 0 Å². The zero-order valence-electron chi connectivity index (χ0n) is 12.8. The van der Waals surface area contributed by atoms with Crippen molar-refractivity contribution in [2.75, 3.05) is 7.11 Å². The van der Waals surface area contributed by atoms with Gasteiger partial charge in [-0.2, -0.15) is 5.10 Å². The Kier molecular flexibility index (Phi) is 4.28. The van der Waals surface area contributed by atoms with Crippen molar-refractivity contribution in [3.05, 3.63) is 59.7 Å². The summed E-state index contributed by atoms with van der Waals surface area (Å²) < 4.78 is 5.03. The highest BCUT2D eigenvalue weighted by Gasteiger charge is 2.43. The molecule has 118 valence electrons. The fraction of sp³-hybridized carbons (Fsp3) is 0.222. The summed E-state index contributed by atoms with van der Waals surface area (Å²) in [6.45, 7) is 0. The highest BCUT2D eigenvalue weighted by atomic mass is 16.5. The van der Waals surface area contributed by atoms with Gasteiger partial charge < -0.3 is 9.84 Å². The highest BCUT2D eigenvalue weighted by Crippen LogP contribution is 2.47. The molecule has 5 nitrogen and oxygen atoms in total. The van der Waals surface area contributed by atoms with Gasteiger partial charge in [-0.3, -0.25) is 4.79 Å². The van der Waals surface area contributed by atoms with Gasteiger partial charge in [0.25, 0.3) is 0 Å². The molecule has 3 rings (SSSR count). The van der Waals surface area contributed by atoms with Gasteiger partial charge in [-0.25, -0.2) is 5.43 Å². The maximum absolute atomic E-state index is 12.1. The Morgan fingerprint density at radius 1 is 1.26 bits per heavy atom. The second-order valence-electron chi connectivity index (χ2n) is 5.49. The first kappa shape index (κ1) is 15.1. The van der Waals surface area contributed by atoms with Crippen LogP contribution in [0.4, 0.5) is 0 Å². The van der Waals surface area contributed by atoms with Crippen molar-refractivity contribution in [3.63, 3.8) is 0 Å². The van der Waals surface area contributed by atoms with Crippen LogP contribution in [0, 0.1) is 5.92 Å². The van der Waals surface area contributed by atoms with E-state index in [4.69, 9.17) is 4.74 Å². The Bertz CT molecular complexity index is 728. The van der Waals surface area contributed by atoms with Crippen molar-refractivity contribution >= 4 is 12.1 Å². The fourth-order valence-corrected chi connectivity index (χ4v) is 2.61. The molecule has 2 aromatic carbocycles. The number of hydrazone groups is 1. The Morgan fingerprint density at radius 2 is 2.04 bits per heavy atom. The van der Waals surface area contributed by atoms with Crippen LogP contribution in [-0.2, 0) is 4.79 Å². The number of carbonyl (C=O) groups excluding carboxylic acids is 1. The minimum atomic E-state index is -0.0995. The zero-order chi connectivity index (χ0) is 16.2. The Labute approximate surface area is 134 Å². The molecule has 1 saturated carbocycles. The van der Waals surface area contributed by atoms with Crippen molar-refractivity contribution in [2.45, 2.75) is 12.3 Å². The van der Waals surface area contributed by atoms with Crippen LogP contribution in [0.2, 0.25) is 0 Å². The van der Waals surface area contributed by atoms with Gasteiger partial charge in [0.05, 0.1) is 13.3 Å². The number of phenolic OH excluding ortho intramolecular Hbond substituents is 1. The van der Waals surface area contributed by atoms with E-state index in [1.165, 1.54) is 18.9 Å². The Morgan fingerprint density at radius 3 is 2.78 bits per heavy atom. The van der Waals surface area contributed by atoms with E-state index in [2.05, 4.69) is 10.5 Å². The molecule has 1 amide bonds. The van der Waals surface area contributed by atoms with Gasteiger partial charge in [0, 0.05) is 11.5 Å². The maximum Gasteiger partial charge on any atom is 0.243 e. The number of hydrogen-bond donors (Lipinski definition) is 2. The van der Waals surface area contributed by atoms with Crippen LogP contribution in [-0.4, -0.2) is 24.3 Å². The normalized spacial score (nSPS) is 19.5. The quantitative estimate of drug-likeness (QED) is 0.659. The summed E-state index contributed by atoms with van der Waals surface area (Å²) in [5.41, 5.74) is 4.20. The number of methoxy groups -OCH3 is 1. The van der Waals surface area contributed by atoms with Gasteiger partial charge in [-0.1, -0.05) is 36.4 Å². The first-order valence-corrected chi connectivity index (χ1v) is 7.44. The molecular weight excluding hydrogens is 292 g/mol. The standard InChI is InChI=1S/C18H18N2O3/c1-23-16-9-5-8-13(17(16)21)11-19-20-18(22)15-10-14(15)12-6-3-2-4-7-12/h2-9,11,14-15,21H,10H2,1H3,(H,20,22)/b19-11-/t14-,15+/m0/s1. The Balaban J connectivity index is 1.58. The number of hydrogen-bond acceptors (Lipinski definition) is 4. The number of phenols is 1. The predicted octanol–water partition coefficient (Wildman–Crippen LogP) is 2.65. The van der Waals surface area contributed by atoms with Gasteiger partial charge in [0.15, 0.2) is 11.5 Å². The van der Waals surface area contributed by atoms with Crippen LogP contribution < -0.4 is 10.2 Å². The van der Waals surface area contributed by atoms with E-state index in [1.54, 1.807) is 18.2 Å². The van der Waals surface area contributed by atoms with Crippen LogP contribution >= 0.6 is 0 Å². The van der Waals surface area contributed by atoms with Crippen LogP contribution in [0.1, 0.15) is 23.5 Å². The van der Waals surface area contributed by atoms with Crippen LogP contribution in [0.25, 0.3) is 0 Å². The van der Waals surface area contributed by atoms with Crippen molar-refractivity contribution in [2.24, 2.45) is 11.0 Å². The fourth-order valence-electron chi connectivity index (χ4n) is 2.61. The summed E-state index contributed by atoms with van der Waals surface area (Å²) in [7, 11) is 1.48. The van der Waals surface area contributed by atoms with E-state index in [9.17, 15) is 9.90 Å². The minimum Gasteiger partial charge on any atom is -0.504 e. The van der Waals surface area contributed by atoms with Gasteiger partial charge in [0.2, 0.25) is 5.91 Å². The summed E-state index contributed by atoms with van der Waals surface area (Å²) >= 11 is 0. The second-order valence-corrected chi connectivity index (χ2v) is 5.49. The third-order valence-electron chi connectivity index (χ3n) is 3.98. The summed E-state index contributed by atoms with van der Waals surface area (Å²) in [5, 5.41) is 13.9. The average Bonchev–Trinajstić information content (AvgIpc) is 3.38. The molecule has 1 aliphatic carbocycles. The maximum atomic E-state index is 12.1. The topological polar surface area (TPSA) is 70.9 Å². The van der Waals surface area contributed by atoms with Crippen molar-refractivity contribution in [1.29, 1.82) is 0 Å². The van der Waals surface area contributed by atoms with Gasteiger partial charge in [-0.15, -0.1) is 0 Å². The molecule has 2 atom stereocenters. The number of benzene rings is 2. The first-order valence-electron chi connectivity index (χ1n) is 7.44. The lowest BCUT2D eigenvalue weighted by molar-refractivity contribution is -0.122. The van der Waals surface area contributed by atoms with Gasteiger partial charge >= 0.3 is 0 Å². The molecule has 1 aliphatic rings. The number of rotatable bonds is 5. The molecule has 0 aromatic heterocycles. The summed E-state index contributed by atoms with van der Waals surface area (Å²) in [4.78, 5) is 12.1. The molecule has 1 fully saturated rings. The number of aromatic hydroxyl groups is 1. The van der Waals surface area contributed by atoms with E-state index in [-0.39, 0.29) is 23.5 Å². The lowest BCUT2D eigenvalue weighted by atomic mass is 10.1. The van der Waals surface area contributed by atoms with Gasteiger partial charge in [-0.05, 0) is 30.0 Å². The predicted molar refractivity (Wildman–Crippen MR) is 87.7 cm³/mol. The molecule has 0 spiro atoms.